The summed E-state index contributed by atoms with van der Waals surface area (Å²) < 4.78 is 13.5. The third-order valence-corrected chi connectivity index (χ3v) is 6.65. The van der Waals surface area contributed by atoms with Crippen molar-refractivity contribution in [3.8, 4) is 0 Å². The third-order valence-electron chi connectivity index (χ3n) is 6.65. The minimum absolute atomic E-state index is 0.00718. The molecular formula is C27H26FN3O2. The van der Waals surface area contributed by atoms with Crippen LogP contribution in [0.4, 0.5) is 10.1 Å². The Labute approximate surface area is 192 Å². The van der Waals surface area contributed by atoms with Crippen molar-refractivity contribution in [1.29, 1.82) is 0 Å². The fourth-order valence-electron chi connectivity index (χ4n) is 4.97. The van der Waals surface area contributed by atoms with Gasteiger partial charge in [0.1, 0.15) is 5.82 Å². The van der Waals surface area contributed by atoms with Crippen LogP contribution in [0.5, 0.6) is 0 Å². The van der Waals surface area contributed by atoms with E-state index in [1.165, 1.54) is 12.1 Å². The zero-order valence-corrected chi connectivity index (χ0v) is 18.3. The first-order valence-corrected chi connectivity index (χ1v) is 11.3. The van der Waals surface area contributed by atoms with Gasteiger partial charge in [-0.15, -0.1) is 0 Å². The van der Waals surface area contributed by atoms with Crippen LogP contribution in [0.25, 0.3) is 0 Å². The van der Waals surface area contributed by atoms with Gasteiger partial charge in [0.25, 0.3) is 11.8 Å². The molecule has 0 radical (unpaired) electrons. The molecule has 1 N–H and O–H groups in total. The summed E-state index contributed by atoms with van der Waals surface area (Å²) in [6.45, 7) is 1.82. The Morgan fingerprint density at radius 3 is 2.48 bits per heavy atom. The van der Waals surface area contributed by atoms with Crippen LogP contribution in [0.2, 0.25) is 0 Å². The van der Waals surface area contributed by atoms with Crippen LogP contribution in [-0.4, -0.2) is 41.9 Å². The van der Waals surface area contributed by atoms with Crippen LogP contribution in [-0.2, 0) is 6.54 Å². The highest BCUT2D eigenvalue weighted by molar-refractivity contribution is 6.06. The molecule has 3 aromatic rings. The number of carbonyl (C=O) groups excluding carboxylic acids is 2. The Morgan fingerprint density at radius 1 is 0.909 bits per heavy atom. The molecule has 5 rings (SSSR count). The lowest BCUT2D eigenvalue weighted by Crippen LogP contribution is -2.45. The van der Waals surface area contributed by atoms with Crippen molar-refractivity contribution >= 4 is 17.5 Å². The topological polar surface area (TPSA) is 52.7 Å². The van der Waals surface area contributed by atoms with Crippen LogP contribution >= 0.6 is 0 Å². The molecule has 0 aliphatic carbocycles. The van der Waals surface area contributed by atoms with Crippen molar-refractivity contribution in [2.45, 2.75) is 31.5 Å². The molecule has 2 heterocycles. The van der Waals surface area contributed by atoms with Crippen LogP contribution in [0, 0.1) is 5.82 Å². The van der Waals surface area contributed by atoms with Gasteiger partial charge in [0.15, 0.2) is 0 Å². The number of nitrogens with zero attached hydrogens (tertiary/aromatic N) is 2. The molecule has 5 nitrogen and oxygen atoms in total. The molecule has 2 atom stereocenters. The monoisotopic (exact) mass is 443 g/mol. The van der Waals surface area contributed by atoms with Crippen molar-refractivity contribution in [3.63, 3.8) is 0 Å². The Hall–Kier alpha value is -3.51. The summed E-state index contributed by atoms with van der Waals surface area (Å²) in [6.07, 6.45) is 1.89. The predicted molar refractivity (Wildman–Crippen MR) is 126 cm³/mol. The number of rotatable bonds is 4. The second-order valence-corrected chi connectivity index (χ2v) is 8.69. The Balaban J connectivity index is 1.35. The average Bonchev–Trinajstić information content (AvgIpc) is 3.14. The fraction of sp³-hybridized carbons (Fsp3) is 0.259. The molecule has 2 aliphatic rings. The van der Waals surface area contributed by atoms with E-state index in [9.17, 15) is 14.0 Å². The van der Waals surface area contributed by atoms with Crippen molar-refractivity contribution in [3.05, 3.63) is 101 Å². The maximum absolute atomic E-state index is 13.5. The second kappa shape index (κ2) is 9.16. The van der Waals surface area contributed by atoms with E-state index in [4.69, 9.17) is 0 Å². The van der Waals surface area contributed by atoms with Gasteiger partial charge in [-0.3, -0.25) is 14.5 Å². The maximum atomic E-state index is 13.5. The quantitative estimate of drug-likeness (QED) is 0.656. The second-order valence-electron chi connectivity index (χ2n) is 8.69. The number of hydrogen-bond donors (Lipinski definition) is 1. The minimum atomic E-state index is -0.420. The number of para-hydroxylation sites is 1. The van der Waals surface area contributed by atoms with E-state index in [1.54, 1.807) is 12.1 Å². The fourth-order valence-corrected chi connectivity index (χ4v) is 4.97. The molecule has 0 aromatic heterocycles. The van der Waals surface area contributed by atoms with Gasteiger partial charge >= 0.3 is 0 Å². The zero-order chi connectivity index (χ0) is 22.8. The van der Waals surface area contributed by atoms with Crippen LogP contribution in [0.15, 0.2) is 78.9 Å². The van der Waals surface area contributed by atoms with Crippen molar-refractivity contribution < 1.29 is 14.0 Å². The smallest absolute Gasteiger partial charge is 0.258 e. The first kappa shape index (κ1) is 21.3. The highest BCUT2D eigenvalue weighted by atomic mass is 19.1. The van der Waals surface area contributed by atoms with Crippen molar-refractivity contribution in [2.24, 2.45) is 0 Å². The molecule has 3 aromatic carbocycles. The summed E-state index contributed by atoms with van der Waals surface area (Å²) in [7, 11) is 0. The summed E-state index contributed by atoms with van der Waals surface area (Å²) in [5.74, 6) is -0.683. The average molecular weight is 444 g/mol. The highest BCUT2D eigenvalue weighted by Crippen LogP contribution is 2.35. The number of benzene rings is 3. The molecule has 2 amide bonds. The number of anilines is 1. The molecular weight excluding hydrogens is 417 g/mol. The SMILES string of the molecule is O=C(NC[C@@H]1CC[C@H]2CN(C(=O)c3ccccc3)c3ccccc3CN12)c1cccc(F)c1. The molecule has 168 valence electrons. The van der Waals surface area contributed by atoms with Gasteiger partial charge < -0.3 is 10.2 Å². The number of carbonyl (C=O) groups is 2. The summed E-state index contributed by atoms with van der Waals surface area (Å²) >= 11 is 0. The summed E-state index contributed by atoms with van der Waals surface area (Å²) in [5.41, 5.74) is 3.05. The summed E-state index contributed by atoms with van der Waals surface area (Å²) in [4.78, 5) is 30.2. The Kier molecular flexibility index (Phi) is 5.92. The van der Waals surface area contributed by atoms with Gasteiger partial charge in [-0.05, 0) is 54.8 Å². The van der Waals surface area contributed by atoms with Gasteiger partial charge in [-0.25, -0.2) is 4.39 Å². The molecule has 2 aliphatic heterocycles. The maximum Gasteiger partial charge on any atom is 0.258 e. The van der Waals surface area contributed by atoms with Crippen LogP contribution in [0.3, 0.4) is 0 Å². The lowest BCUT2D eigenvalue weighted by atomic mass is 10.1. The molecule has 0 saturated carbocycles. The molecule has 0 spiro atoms. The molecule has 1 saturated heterocycles. The highest BCUT2D eigenvalue weighted by Gasteiger charge is 2.39. The van der Waals surface area contributed by atoms with E-state index in [0.717, 1.165) is 30.6 Å². The van der Waals surface area contributed by atoms with Gasteiger partial charge in [-0.1, -0.05) is 42.5 Å². The summed E-state index contributed by atoms with van der Waals surface area (Å²) in [5, 5.41) is 2.98. The van der Waals surface area contributed by atoms with Gasteiger partial charge in [0.05, 0.1) is 0 Å². The first-order valence-electron chi connectivity index (χ1n) is 11.3. The number of hydrogen-bond acceptors (Lipinski definition) is 3. The van der Waals surface area contributed by atoms with E-state index >= 15 is 0 Å². The number of halogens is 1. The van der Waals surface area contributed by atoms with Crippen LogP contribution < -0.4 is 10.2 Å². The minimum Gasteiger partial charge on any atom is -0.350 e. The van der Waals surface area contributed by atoms with E-state index in [1.807, 2.05) is 53.4 Å². The Morgan fingerprint density at radius 2 is 1.67 bits per heavy atom. The third kappa shape index (κ3) is 4.39. The molecule has 33 heavy (non-hydrogen) atoms. The molecule has 1 fully saturated rings. The molecule has 6 heteroatoms. The number of amides is 2. The Bertz CT molecular complexity index is 1170. The zero-order valence-electron chi connectivity index (χ0n) is 18.3. The summed E-state index contributed by atoms with van der Waals surface area (Å²) in [6, 6.07) is 23.6. The number of fused-ring (bicyclic) bond motifs is 2. The van der Waals surface area contributed by atoms with Gasteiger partial charge in [0, 0.05) is 48.5 Å². The molecule has 0 unspecified atom stereocenters. The molecule has 0 bridgehead atoms. The van der Waals surface area contributed by atoms with Crippen molar-refractivity contribution in [2.75, 3.05) is 18.0 Å². The predicted octanol–water partition coefficient (Wildman–Crippen LogP) is 4.25. The lowest BCUT2D eigenvalue weighted by Gasteiger charge is -2.29. The van der Waals surface area contributed by atoms with E-state index in [-0.39, 0.29) is 23.9 Å². The van der Waals surface area contributed by atoms with E-state index in [2.05, 4.69) is 16.3 Å². The lowest BCUT2D eigenvalue weighted by molar-refractivity contribution is 0.0933. The largest absolute Gasteiger partial charge is 0.350 e. The number of nitrogens with one attached hydrogen (secondary N) is 1. The first-order chi connectivity index (χ1) is 16.1. The normalized spacial score (nSPS) is 20.0. The van der Waals surface area contributed by atoms with E-state index < -0.39 is 5.82 Å². The van der Waals surface area contributed by atoms with Crippen molar-refractivity contribution in [1.82, 2.24) is 10.2 Å². The standard InChI is InChI=1S/C27H26FN3O2/c28-22-11-6-10-20(15-22)26(32)29-16-23-13-14-24-18-31(27(33)19-7-2-1-3-8-19)25-12-5-4-9-21(25)17-30(23)24/h1-12,15,23-24H,13-14,16-18H2,(H,29,32)/t23-,24-/m0/s1. The van der Waals surface area contributed by atoms with Crippen LogP contribution in [0.1, 0.15) is 39.1 Å². The van der Waals surface area contributed by atoms with Gasteiger partial charge in [0.2, 0.25) is 0 Å². The van der Waals surface area contributed by atoms with Gasteiger partial charge in [-0.2, -0.15) is 0 Å². The van der Waals surface area contributed by atoms with E-state index in [0.29, 0.717) is 24.2 Å².